The molecule has 0 radical (unpaired) electrons. The van der Waals surface area contributed by atoms with E-state index in [4.69, 9.17) is 16.3 Å². The Labute approximate surface area is 127 Å². The maximum atomic E-state index is 12.8. The van der Waals surface area contributed by atoms with E-state index in [1.54, 1.807) is 19.1 Å². The van der Waals surface area contributed by atoms with Gasteiger partial charge in [-0.2, -0.15) is 0 Å². The fourth-order valence-electron chi connectivity index (χ4n) is 1.73. The number of anilines is 1. The van der Waals surface area contributed by atoms with Crippen molar-refractivity contribution < 1.29 is 13.9 Å². The lowest BCUT2D eigenvalue weighted by Gasteiger charge is -2.16. The first kappa shape index (κ1) is 15.3. The number of benzene rings is 2. The number of hydrogen-bond donors (Lipinski definition) is 1. The van der Waals surface area contributed by atoms with Crippen LogP contribution in [0.25, 0.3) is 0 Å². The summed E-state index contributed by atoms with van der Waals surface area (Å²) in [5.41, 5.74) is 1.55. The minimum absolute atomic E-state index is 0.301. The molecule has 0 aliphatic rings. The normalized spacial score (nSPS) is 11.8. The molecule has 110 valence electrons. The number of carbonyl (C=O) groups excluding carboxylic acids is 1. The highest BCUT2D eigenvalue weighted by molar-refractivity contribution is 6.31. The molecule has 0 aromatic heterocycles. The highest BCUT2D eigenvalue weighted by Crippen LogP contribution is 2.21. The third-order valence-corrected chi connectivity index (χ3v) is 3.19. The van der Waals surface area contributed by atoms with Gasteiger partial charge < -0.3 is 10.1 Å². The second kappa shape index (κ2) is 6.59. The Morgan fingerprint density at radius 2 is 1.90 bits per heavy atom. The summed E-state index contributed by atoms with van der Waals surface area (Å²) in [4.78, 5) is 12.1. The van der Waals surface area contributed by atoms with Gasteiger partial charge in [0.15, 0.2) is 6.10 Å². The largest absolute Gasteiger partial charge is 0.481 e. The lowest BCUT2D eigenvalue weighted by Crippen LogP contribution is -2.30. The summed E-state index contributed by atoms with van der Waals surface area (Å²) >= 11 is 5.91. The van der Waals surface area contributed by atoms with Gasteiger partial charge in [-0.15, -0.1) is 0 Å². The van der Waals surface area contributed by atoms with Crippen molar-refractivity contribution in [3.63, 3.8) is 0 Å². The number of hydrogen-bond acceptors (Lipinski definition) is 2. The number of nitrogens with one attached hydrogen (secondary N) is 1. The van der Waals surface area contributed by atoms with Crippen molar-refractivity contribution >= 4 is 23.2 Å². The zero-order chi connectivity index (χ0) is 15.4. The van der Waals surface area contributed by atoms with E-state index in [1.165, 1.54) is 24.3 Å². The fourth-order valence-corrected chi connectivity index (χ4v) is 1.91. The minimum Gasteiger partial charge on any atom is -0.481 e. The Morgan fingerprint density at radius 1 is 1.24 bits per heavy atom. The predicted octanol–water partition coefficient (Wildman–Crippen LogP) is 4.19. The first-order valence-corrected chi connectivity index (χ1v) is 6.83. The minimum atomic E-state index is -0.714. The van der Waals surface area contributed by atoms with E-state index >= 15 is 0 Å². The van der Waals surface area contributed by atoms with Crippen LogP contribution in [0.3, 0.4) is 0 Å². The Kier molecular flexibility index (Phi) is 4.81. The molecule has 1 atom stereocenters. The van der Waals surface area contributed by atoms with Gasteiger partial charge in [-0.25, -0.2) is 4.39 Å². The molecule has 0 aliphatic carbocycles. The molecular weight excluding hydrogens is 293 g/mol. The second-order valence-corrected chi connectivity index (χ2v) is 5.10. The smallest absolute Gasteiger partial charge is 0.265 e. The zero-order valence-corrected chi connectivity index (χ0v) is 12.4. The third-order valence-electron chi connectivity index (χ3n) is 2.95. The van der Waals surface area contributed by atoms with Crippen molar-refractivity contribution in [1.29, 1.82) is 0 Å². The van der Waals surface area contributed by atoms with Crippen LogP contribution < -0.4 is 10.1 Å². The lowest BCUT2D eigenvalue weighted by molar-refractivity contribution is -0.122. The maximum absolute atomic E-state index is 12.8. The maximum Gasteiger partial charge on any atom is 0.265 e. The van der Waals surface area contributed by atoms with E-state index in [1.807, 2.05) is 13.0 Å². The van der Waals surface area contributed by atoms with Crippen molar-refractivity contribution in [3.8, 4) is 5.75 Å². The molecule has 5 heteroatoms. The number of amides is 1. The quantitative estimate of drug-likeness (QED) is 0.919. The molecule has 0 unspecified atom stereocenters. The van der Waals surface area contributed by atoms with Gasteiger partial charge in [-0.3, -0.25) is 4.79 Å². The SMILES string of the molecule is Cc1ccc(Cl)cc1NC(=O)[C@H](C)Oc1ccc(F)cc1. The average molecular weight is 308 g/mol. The Balaban J connectivity index is 2.02. The predicted molar refractivity (Wildman–Crippen MR) is 81.3 cm³/mol. The van der Waals surface area contributed by atoms with Gasteiger partial charge in [0.05, 0.1) is 0 Å². The molecule has 0 aliphatic heterocycles. The van der Waals surface area contributed by atoms with Gasteiger partial charge in [0.2, 0.25) is 0 Å². The third kappa shape index (κ3) is 4.20. The summed E-state index contributed by atoms with van der Waals surface area (Å²) in [7, 11) is 0. The van der Waals surface area contributed by atoms with Crippen LogP contribution in [-0.2, 0) is 4.79 Å². The van der Waals surface area contributed by atoms with Gasteiger partial charge in [-0.05, 0) is 55.8 Å². The average Bonchev–Trinajstić information content (AvgIpc) is 2.45. The Bertz CT molecular complexity index is 643. The van der Waals surface area contributed by atoms with Crippen LogP contribution in [0.15, 0.2) is 42.5 Å². The van der Waals surface area contributed by atoms with E-state index in [2.05, 4.69) is 5.32 Å². The number of halogens is 2. The lowest BCUT2D eigenvalue weighted by atomic mass is 10.2. The molecule has 0 fully saturated rings. The van der Waals surface area contributed by atoms with Crippen LogP contribution in [0.2, 0.25) is 5.02 Å². The summed E-state index contributed by atoms with van der Waals surface area (Å²) in [6.07, 6.45) is -0.714. The first-order chi connectivity index (χ1) is 9.95. The number of rotatable bonds is 4. The fraction of sp³-hybridized carbons (Fsp3) is 0.188. The Hall–Kier alpha value is -2.07. The van der Waals surface area contributed by atoms with Crippen LogP contribution >= 0.6 is 11.6 Å². The Morgan fingerprint density at radius 3 is 2.57 bits per heavy atom. The topological polar surface area (TPSA) is 38.3 Å². The van der Waals surface area contributed by atoms with Crippen LogP contribution in [0.4, 0.5) is 10.1 Å². The van der Waals surface area contributed by atoms with Crippen molar-refractivity contribution in [1.82, 2.24) is 0 Å². The molecule has 1 amide bonds. The molecule has 21 heavy (non-hydrogen) atoms. The highest BCUT2D eigenvalue weighted by Gasteiger charge is 2.16. The van der Waals surface area contributed by atoms with E-state index < -0.39 is 6.10 Å². The molecule has 0 bridgehead atoms. The second-order valence-electron chi connectivity index (χ2n) is 4.66. The molecule has 0 saturated heterocycles. The van der Waals surface area contributed by atoms with Crippen LogP contribution in [0.5, 0.6) is 5.75 Å². The van der Waals surface area contributed by atoms with Crippen LogP contribution in [0.1, 0.15) is 12.5 Å². The number of carbonyl (C=O) groups is 1. The summed E-state index contributed by atoms with van der Waals surface area (Å²) in [6.45, 7) is 3.50. The van der Waals surface area contributed by atoms with Gasteiger partial charge in [-0.1, -0.05) is 17.7 Å². The van der Waals surface area contributed by atoms with E-state index in [0.717, 1.165) is 5.56 Å². The number of ether oxygens (including phenoxy) is 1. The highest BCUT2D eigenvalue weighted by atomic mass is 35.5. The first-order valence-electron chi connectivity index (χ1n) is 6.45. The molecule has 0 heterocycles. The molecule has 0 saturated carbocycles. The van der Waals surface area contributed by atoms with E-state index in [0.29, 0.717) is 16.5 Å². The van der Waals surface area contributed by atoms with Gasteiger partial charge in [0, 0.05) is 10.7 Å². The molecule has 2 aromatic rings. The zero-order valence-electron chi connectivity index (χ0n) is 11.7. The molecular formula is C16H15ClFNO2. The van der Waals surface area contributed by atoms with Gasteiger partial charge in [0.25, 0.3) is 5.91 Å². The van der Waals surface area contributed by atoms with Crippen molar-refractivity contribution in [3.05, 3.63) is 58.9 Å². The standard InChI is InChI=1S/C16H15ClFNO2/c1-10-3-4-12(17)9-15(10)19-16(20)11(2)21-14-7-5-13(18)6-8-14/h3-9,11H,1-2H3,(H,19,20)/t11-/m0/s1. The van der Waals surface area contributed by atoms with Gasteiger partial charge >= 0.3 is 0 Å². The summed E-state index contributed by atoms with van der Waals surface area (Å²) in [5.74, 6) is -0.222. The summed E-state index contributed by atoms with van der Waals surface area (Å²) < 4.78 is 18.3. The molecule has 2 rings (SSSR count). The number of aryl methyl sites for hydroxylation is 1. The monoisotopic (exact) mass is 307 g/mol. The summed E-state index contributed by atoms with van der Waals surface area (Å²) in [6, 6.07) is 10.8. The molecule has 3 nitrogen and oxygen atoms in total. The molecule has 1 N–H and O–H groups in total. The van der Waals surface area contributed by atoms with Crippen LogP contribution in [0, 0.1) is 12.7 Å². The summed E-state index contributed by atoms with van der Waals surface area (Å²) in [5, 5.41) is 3.30. The van der Waals surface area contributed by atoms with E-state index in [-0.39, 0.29) is 11.7 Å². The van der Waals surface area contributed by atoms with E-state index in [9.17, 15) is 9.18 Å². The molecule has 2 aromatic carbocycles. The van der Waals surface area contributed by atoms with Crippen molar-refractivity contribution in [2.24, 2.45) is 0 Å². The van der Waals surface area contributed by atoms with Gasteiger partial charge in [0.1, 0.15) is 11.6 Å². The molecule has 0 spiro atoms. The van der Waals surface area contributed by atoms with Crippen molar-refractivity contribution in [2.45, 2.75) is 20.0 Å². The van der Waals surface area contributed by atoms with Crippen molar-refractivity contribution in [2.75, 3.05) is 5.32 Å². The van der Waals surface area contributed by atoms with Crippen LogP contribution in [-0.4, -0.2) is 12.0 Å².